The number of amides is 2. The Bertz CT molecular complexity index is 233. The number of hydrogen-bond donors (Lipinski definition) is 2. The maximum absolute atomic E-state index is 11.9. The number of urea groups is 1. The summed E-state index contributed by atoms with van der Waals surface area (Å²) in [7, 11) is 0. The van der Waals surface area contributed by atoms with Gasteiger partial charge in [0.15, 0.2) is 0 Å². The zero-order valence-electron chi connectivity index (χ0n) is 11.5. The first-order valence-corrected chi connectivity index (χ1v) is 6.99. The summed E-state index contributed by atoms with van der Waals surface area (Å²) in [5, 5.41) is 6.49. The second-order valence-corrected chi connectivity index (χ2v) is 4.80. The molecule has 4 nitrogen and oxygen atoms in total. The number of piperidine rings is 1. The first-order chi connectivity index (χ1) is 8.22. The second kappa shape index (κ2) is 7.54. The van der Waals surface area contributed by atoms with Gasteiger partial charge in [-0.3, -0.25) is 0 Å². The van der Waals surface area contributed by atoms with Gasteiger partial charge in [0.25, 0.3) is 0 Å². The average Bonchev–Trinajstić information content (AvgIpc) is 2.36. The fourth-order valence-corrected chi connectivity index (χ4v) is 2.50. The van der Waals surface area contributed by atoms with Crippen LogP contribution in [0.3, 0.4) is 0 Å². The van der Waals surface area contributed by atoms with E-state index in [1.54, 1.807) is 0 Å². The van der Waals surface area contributed by atoms with E-state index >= 15 is 0 Å². The number of carbonyl (C=O) groups excluding carboxylic acids is 1. The van der Waals surface area contributed by atoms with Crippen molar-refractivity contribution in [3.63, 3.8) is 0 Å². The van der Waals surface area contributed by atoms with Crippen LogP contribution in [-0.4, -0.2) is 43.2 Å². The van der Waals surface area contributed by atoms with E-state index in [1.807, 2.05) is 4.90 Å². The number of hydrogen-bond acceptors (Lipinski definition) is 2. The predicted octanol–water partition coefficient (Wildman–Crippen LogP) is 1.82. The molecule has 0 aromatic heterocycles. The van der Waals surface area contributed by atoms with Gasteiger partial charge in [0.1, 0.15) is 0 Å². The van der Waals surface area contributed by atoms with Gasteiger partial charge in [-0.05, 0) is 25.3 Å². The van der Waals surface area contributed by atoms with Crippen LogP contribution in [0.2, 0.25) is 0 Å². The lowest BCUT2D eigenvalue weighted by Crippen LogP contribution is -2.53. The van der Waals surface area contributed by atoms with Crippen LogP contribution in [0.25, 0.3) is 0 Å². The first kappa shape index (κ1) is 14.3. The van der Waals surface area contributed by atoms with Gasteiger partial charge in [-0.25, -0.2) is 4.79 Å². The third-order valence-corrected chi connectivity index (χ3v) is 3.54. The van der Waals surface area contributed by atoms with Gasteiger partial charge in [-0.1, -0.05) is 27.2 Å². The molecule has 0 bridgehead atoms. The SMILES string of the molecule is CCCNC(=O)N1CCC(NCC)C(CC)C1. The minimum Gasteiger partial charge on any atom is -0.338 e. The fraction of sp³-hybridized carbons (Fsp3) is 0.923. The van der Waals surface area contributed by atoms with Crippen LogP contribution >= 0.6 is 0 Å². The van der Waals surface area contributed by atoms with E-state index in [9.17, 15) is 4.79 Å². The lowest BCUT2D eigenvalue weighted by molar-refractivity contribution is 0.142. The molecule has 0 saturated carbocycles. The van der Waals surface area contributed by atoms with Crippen molar-refractivity contribution in [3.8, 4) is 0 Å². The van der Waals surface area contributed by atoms with Crippen LogP contribution in [0.5, 0.6) is 0 Å². The van der Waals surface area contributed by atoms with Gasteiger partial charge in [0, 0.05) is 25.7 Å². The van der Waals surface area contributed by atoms with Crippen molar-refractivity contribution < 1.29 is 4.79 Å². The molecule has 1 saturated heterocycles. The molecule has 2 unspecified atom stereocenters. The molecule has 17 heavy (non-hydrogen) atoms. The molecule has 100 valence electrons. The van der Waals surface area contributed by atoms with Gasteiger partial charge in [-0.15, -0.1) is 0 Å². The van der Waals surface area contributed by atoms with E-state index in [-0.39, 0.29) is 6.03 Å². The zero-order chi connectivity index (χ0) is 12.7. The Labute approximate surface area is 105 Å². The minimum absolute atomic E-state index is 0.111. The number of rotatable bonds is 5. The highest BCUT2D eigenvalue weighted by molar-refractivity contribution is 5.74. The summed E-state index contributed by atoms with van der Waals surface area (Å²) < 4.78 is 0. The normalized spacial score (nSPS) is 24.8. The molecule has 2 amide bonds. The van der Waals surface area contributed by atoms with Crippen molar-refractivity contribution in [2.75, 3.05) is 26.2 Å². The van der Waals surface area contributed by atoms with Crippen molar-refractivity contribution in [2.24, 2.45) is 5.92 Å². The molecule has 0 radical (unpaired) electrons. The Morgan fingerprint density at radius 2 is 2.12 bits per heavy atom. The van der Waals surface area contributed by atoms with Gasteiger partial charge < -0.3 is 15.5 Å². The summed E-state index contributed by atoms with van der Waals surface area (Å²) in [5.41, 5.74) is 0. The molecular weight excluding hydrogens is 214 g/mol. The van der Waals surface area contributed by atoms with Crippen LogP contribution in [-0.2, 0) is 0 Å². The summed E-state index contributed by atoms with van der Waals surface area (Å²) in [5.74, 6) is 0.594. The molecule has 2 N–H and O–H groups in total. The van der Waals surface area contributed by atoms with Crippen LogP contribution in [0.4, 0.5) is 4.79 Å². The van der Waals surface area contributed by atoms with Crippen molar-refractivity contribution in [1.29, 1.82) is 0 Å². The van der Waals surface area contributed by atoms with Crippen LogP contribution in [0.15, 0.2) is 0 Å². The van der Waals surface area contributed by atoms with Crippen molar-refractivity contribution in [1.82, 2.24) is 15.5 Å². The van der Waals surface area contributed by atoms with Crippen molar-refractivity contribution >= 4 is 6.03 Å². The minimum atomic E-state index is 0.111. The third kappa shape index (κ3) is 4.19. The summed E-state index contributed by atoms with van der Waals surface area (Å²) in [6.07, 6.45) is 3.21. The summed E-state index contributed by atoms with van der Waals surface area (Å²) in [4.78, 5) is 13.8. The van der Waals surface area contributed by atoms with E-state index in [0.29, 0.717) is 12.0 Å². The molecule has 1 heterocycles. The van der Waals surface area contributed by atoms with E-state index in [1.165, 1.54) is 0 Å². The lowest BCUT2D eigenvalue weighted by Gasteiger charge is -2.38. The van der Waals surface area contributed by atoms with Gasteiger partial charge in [0.05, 0.1) is 0 Å². The molecule has 0 aromatic rings. The summed E-state index contributed by atoms with van der Waals surface area (Å²) in [6, 6.07) is 0.695. The zero-order valence-corrected chi connectivity index (χ0v) is 11.5. The Hall–Kier alpha value is -0.770. The molecular formula is C13H27N3O. The maximum Gasteiger partial charge on any atom is 0.317 e. The van der Waals surface area contributed by atoms with E-state index in [2.05, 4.69) is 31.4 Å². The Morgan fingerprint density at radius 3 is 2.71 bits per heavy atom. The quantitative estimate of drug-likeness (QED) is 0.771. The molecule has 0 spiro atoms. The monoisotopic (exact) mass is 241 g/mol. The third-order valence-electron chi connectivity index (χ3n) is 3.54. The van der Waals surface area contributed by atoms with Crippen molar-refractivity contribution in [2.45, 2.75) is 46.1 Å². The number of likely N-dealkylation sites (tertiary alicyclic amines) is 1. The Kier molecular flexibility index (Phi) is 6.34. The van der Waals surface area contributed by atoms with Crippen LogP contribution in [0, 0.1) is 5.92 Å². The predicted molar refractivity (Wildman–Crippen MR) is 71.1 cm³/mol. The summed E-state index contributed by atoms with van der Waals surface area (Å²) in [6.45, 7) is 10.0. The summed E-state index contributed by atoms with van der Waals surface area (Å²) >= 11 is 0. The molecule has 1 rings (SSSR count). The second-order valence-electron chi connectivity index (χ2n) is 4.80. The fourth-order valence-electron chi connectivity index (χ4n) is 2.50. The Balaban J connectivity index is 2.44. The van der Waals surface area contributed by atoms with Gasteiger partial charge in [-0.2, -0.15) is 0 Å². The molecule has 1 aliphatic rings. The first-order valence-electron chi connectivity index (χ1n) is 6.99. The Morgan fingerprint density at radius 1 is 1.35 bits per heavy atom. The highest BCUT2D eigenvalue weighted by Crippen LogP contribution is 2.20. The number of carbonyl (C=O) groups is 1. The lowest BCUT2D eigenvalue weighted by atomic mass is 9.90. The molecule has 0 aromatic carbocycles. The molecule has 1 fully saturated rings. The largest absolute Gasteiger partial charge is 0.338 e. The average molecular weight is 241 g/mol. The molecule has 1 aliphatic heterocycles. The standard InChI is InChI=1S/C13H27N3O/c1-4-8-15-13(17)16-9-7-12(14-6-3)11(5-2)10-16/h11-12,14H,4-10H2,1-3H3,(H,15,17). The number of nitrogens with one attached hydrogen (secondary N) is 2. The van der Waals surface area contributed by atoms with Gasteiger partial charge in [0.2, 0.25) is 0 Å². The maximum atomic E-state index is 11.9. The van der Waals surface area contributed by atoms with E-state index in [4.69, 9.17) is 0 Å². The van der Waals surface area contributed by atoms with E-state index < -0.39 is 0 Å². The molecule has 0 aliphatic carbocycles. The van der Waals surface area contributed by atoms with Gasteiger partial charge >= 0.3 is 6.03 Å². The highest BCUT2D eigenvalue weighted by atomic mass is 16.2. The smallest absolute Gasteiger partial charge is 0.317 e. The molecule has 2 atom stereocenters. The van der Waals surface area contributed by atoms with Crippen LogP contribution < -0.4 is 10.6 Å². The topological polar surface area (TPSA) is 44.4 Å². The van der Waals surface area contributed by atoms with Crippen LogP contribution in [0.1, 0.15) is 40.0 Å². The van der Waals surface area contributed by atoms with Crippen molar-refractivity contribution in [3.05, 3.63) is 0 Å². The molecule has 4 heteroatoms. The highest BCUT2D eigenvalue weighted by Gasteiger charge is 2.29. The van der Waals surface area contributed by atoms with E-state index in [0.717, 1.165) is 45.4 Å². The number of nitrogens with zero attached hydrogens (tertiary/aromatic N) is 1.